The number of nitrogens with zero attached hydrogens (tertiary/aromatic N) is 3. The van der Waals surface area contributed by atoms with Crippen molar-refractivity contribution < 1.29 is 18.0 Å². The summed E-state index contributed by atoms with van der Waals surface area (Å²) in [4.78, 5) is 31.6. The maximum atomic E-state index is 13.4. The summed E-state index contributed by atoms with van der Waals surface area (Å²) in [6.45, 7) is 3.20. The number of para-hydroxylation sites is 1. The van der Waals surface area contributed by atoms with Crippen LogP contribution < -0.4 is 10.5 Å². The lowest BCUT2D eigenvalue weighted by Crippen LogP contribution is -2.35. The minimum Gasteiger partial charge on any atom is -0.306 e. The van der Waals surface area contributed by atoms with E-state index in [0.29, 0.717) is 22.4 Å². The third kappa shape index (κ3) is 4.29. The minimum atomic E-state index is -4.80. The Morgan fingerprint density at radius 1 is 1.06 bits per heavy atom. The van der Waals surface area contributed by atoms with Crippen LogP contribution in [-0.4, -0.2) is 15.5 Å². The maximum Gasteiger partial charge on any atom is 0.421 e. The van der Waals surface area contributed by atoms with Crippen molar-refractivity contribution in [1.29, 1.82) is 0 Å². The quantitative estimate of drug-likeness (QED) is 0.409. The second-order valence-electron chi connectivity index (χ2n) is 7.39. The first-order valence-electron chi connectivity index (χ1n) is 9.67. The van der Waals surface area contributed by atoms with Gasteiger partial charge in [0.25, 0.3) is 11.5 Å². The Morgan fingerprint density at radius 2 is 1.75 bits per heavy atom. The Morgan fingerprint density at radius 3 is 2.41 bits per heavy atom. The number of alkyl halides is 3. The van der Waals surface area contributed by atoms with Gasteiger partial charge in [0.2, 0.25) is 0 Å². The number of aromatic nitrogens is 2. The van der Waals surface area contributed by atoms with Crippen LogP contribution in [-0.2, 0) is 17.5 Å². The van der Waals surface area contributed by atoms with Gasteiger partial charge < -0.3 is 4.57 Å². The molecule has 0 aliphatic rings. The summed E-state index contributed by atoms with van der Waals surface area (Å²) >= 11 is 1.29. The third-order valence-corrected chi connectivity index (χ3v) is 5.84. The van der Waals surface area contributed by atoms with Gasteiger partial charge in [0.15, 0.2) is 5.13 Å². The summed E-state index contributed by atoms with van der Waals surface area (Å²) in [5, 5.41) is 0.376. The first kappa shape index (κ1) is 21.8. The van der Waals surface area contributed by atoms with Crippen molar-refractivity contribution in [3.63, 3.8) is 0 Å². The molecule has 1 amide bonds. The van der Waals surface area contributed by atoms with Crippen molar-refractivity contribution in [3.8, 4) is 0 Å². The van der Waals surface area contributed by atoms with Crippen LogP contribution in [0.25, 0.3) is 10.2 Å². The van der Waals surface area contributed by atoms with Gasteiger partial charge in [0, 0.05) is 6.20 Å². The predicted octanol–water partition coefficient (Wildman–Crippen LogP) is 5.46. The van der Waals surface area contributed by atoms with Crippen LogP contribution in [0.4, 0.5) is 24.0 Å². The van der Waals surface area contributed by atoms with Crippen LogP contribution in [0, 0.1) is 13.8 Å². The van der Waals surface area contributed by atoms with E-state index in [4.69, 9.17) is 0 Å². The molecule has 164 valence electrons. The fraction of sp³-hybridized carbons (Fsp3) is 0.174. The van der Waals surface area contributed by atoms with E-state index in [-0.39, 0.29) is 0 Å². The number of hydrogen-bond acceptors (Lipinski definition) is 4. The lowest BCUT2D eigenvalue weighted by Gasteiger charge is -2.22. The number of halogens is 3. The molecule has 4 rings (SSSR count). The first-order chi connectivity index (χ1) is 15.1. The highest BCUT2D eigenvalue weighted by Crippen LogP contribution is 2.34. The zero-order valence-electron chi connectivity index (χ0n) is 17.2. The fourth-order valence-electron chi connectivity index (χ4n) is 3.49. The van der Waals surface area contributed by atoms with Crippen LogP contribution in [0.5, 0.6) is 0 Å². The second kappa shape index (κ2) is 8.23. The molecule has 0 fully saturated rings. The standard InChI is InChI=1S/C23H18F3N3O2S/c1-14-10-15(2)12-16(11-14)29(22-27-18-7-3-4-8-19(18)32-22)20(30)13-28-9-5-6-17(21(28)31)23(24,25)26/h3-12H,13H2,1-2H3. The zero-order chi connectivity index (χ0) is 23.0. The number of carbonyl (C=O) groups is 1. The van der Waals surface area contributed by atoms with Crippen LogP contribution >= 0.6 is 11.3 Å². The van der Waals surface area contributed by atoms with E-state index in [0.717, 1.165) is 26.5 Å². The lowest BCUT2D eigenvalue weighted by molar-refractivity contribution is -0.139. The molecule has 0 bridgehead atoms. The molecule has 32 heavy (non-hydrogen) atoms. The summed E-state index contributed by atoms with van der Waals surface area (Å²) in [5.74, 6) is -0.574. The molecule has 2 aromatic carbocycles. The van der Waals surface area contributed by atoms with Gasteiger partial charge in [-0.25, -0.2) is 4.98 Å². The first-order valence-corrected chi connectivity index (χ1v) is 10.5. The van der Waals surface area contributed by atoms with E-state index < -0.39 is 29.8 Å². The van der Waals surface area contributed by atoms with Crippen molar-refractivity contribution in [2.45, 2.75) is 26.6 Å². The Labute approximate surface area is 185 Å². The highest BCUT2D eigenvalue weighted by atomic mass is 32.1. The molecular weight excluding hydrogens is 439 g/mol. The molecule has 0 aliphatic carbocycles. The summed E-state index contributed by atoms with van der Waals surface area (Å²) in [6, 6.07) is 14.7. The molecule has 0 radical (unpaired) electrons. The molecule has 0 N–H and O–H groups in total. The lowest BCUT2D eigenvalue weighted by atomic mass is 10.1. The number of hydrogen-bond donors (Lipinski definition) is 0. The minimum absolute atomic E-state index is 0.376. The van der Waals surface area contributed by atoms with E-state index in [1.54, 1.807) is 12.1 Å². The summed E-state index contributed by atoms with van der Waals surface area (Å²) in [7, 11) is 0. The number of fused-ring (bicyclic) bond motifs is 1. The van der Waals surface area contributed by atoms with Crippen LogP contribution in [0.3, 0.4) is 0 Å². The van der Waals surface area contributed by atoms with Gasteiger partial charge in [0.1, 0.15) is 12.1 Å². The summed E-state index contributed by atoms with van der Waals surface area (Å²) < 4.78 is 41.1. The number of pyridine rings is 1. The van der Waals surface area contributed by atoms with E-state index in [1.165, 1.54) is 22.4 Å². The summed E-state index contributed by atoms with van der Waals surface area (Å²) in [6.07, 6.45) is -3.63. The smallest absolute Gasteiger partial charge is 0.306 e. The van der Waals surface area contributed by atoms with E-state index in [2.05, 4.69) is 4.98 Å². The molecule has 2 aromatic heterocycles. The molecule has 5 nitrogen and oxygen atoms in total. The maximum absolute atomic E-state index is 13.4. The van der Waals surface area contributed by atoms with Gasteiger partial charge in [-0.2, -0.15) is 13.2 Å². The highest BCUT2D eigenvalue weighted by molar-refractivity contribution is 7.22. The van der Waals surface area contributed by atoms with E-state index in [9.17, 15) is 22.8 Å². The van der Waals surface area contributed by atoms with Gasteiger partial charge in [-0.1, -0.05) is 29.5 Å². The Balaban J connectivity index is 1.80. The molecule has 2 heterocycles. The molecule has 0 unspecified atom stereocenters. The number of carbonyl (C=O) groups excluding carboxylic acids is 1. The molecular formula is C23H18F3N3O2S. The number of anilines is 2. The van der Waals surface area contributed by atoms with Crippen molar-refractivity contribution in [1.82, 2.24) is 9.55 Å². The van der Waals surface area contributed by atoms with Crippen LogP contribution in [0.2, 0.25) is 0 Å². The van der Waals surface area contributed by atoms with Crippen molar-refractivity contribution >= 4 is 38.3 Å². The average molecular weight is 457 g/mol. The fourth-order valence-corrected chi connectivity index (χ4v) is 4.49. The number of amides is 1. The number of rotatable bonds is 4. The van der Waals surface area contributed by atoms with Crippen molar-refractivity contribution in [2.75, 3.05) is 4.90 Å². The predicted molar refractivity (Wildman–Crippen MR) is 118 cm³/mol. The number of aryl methyl sites for hydroxylation is 2. The monoisotopic (exact) mass is 457 g/mol. The summed E-state index contributed by atoms with van der Waals surface area (Å²) in [5.41, 5.74) is 0.478. The third-order valence-electron chi connectivity index (χ3n) is 4.82. The Hall–Kier alpha value is -3.46. The largest absolute Gasteiger partial charge is 0.421 e. The van der Waals surface area contributed by atoms with E-state index in [1.807, 2.05) is 44.2 Å². The van der Waals surface area contributed by atoms with Gasteiger partial charge in [0.05, 0.1) is 15.9 Å². The Kier molecular flexibility index (Phi) is 5.60. The van der Waals surface area contributed by atoms with Gasteiger partial charge in [-0.15, -0.1) is 0 Å². The second-order valence-corrected chi connectivity index (χ2v) is 8.40. The highest BCUT2D eigenvalue weighted by Gasteiger charge is 2.34. The molecule has 0 aliphatic heterocycles. The molecule has 0 saturated heterocycles. The topological polar surface area (TPSA) is 55.2 Å². The van der Waals surface area contributed by atoms with Gasteiger partial charge in [-0.05, 0) is 61.4 Å². The van der Waals surface area contributed by atoms with Crippen LogP contribution in [0.1, 0.15) is 16.7 Å². The molecule has 4 aromatic rings. The molecule has 0 saturated carbocycles. The zero-order valence-corrected chi connectivity index (χ0v) is 18.0. The SMILES string of the molecule is Cc1cc(C)cc(N(C(=O)Cn2cccc(C(F)(F)F)c2=O)c2nc3ccccc3s2)c1. The number of thiazole rings is 1. The molecule has 9 heteroatoms. The van der Waals surface area contributed by atoms with Crippen LogP contribution in [0.15, 0.2) is 65.6 Å². The van der Waals surface area contributed by atoms with Gasteiger partial charge in [-0.3, -0.25) is 14.5 Å². The van der Waals surface area contributed by atoms with Crippen molar-refractivity contribution in [2.24, 2.45) is 0 Å². The Bertz CT molecular complexity index is 1320. The van der Waals surface area contributed by atoms with Crippen molar-refractivity contribution in [3.05, 3.63) is 87.8 Å². The molecule has 0 atom stereocenters. The molecule has 0 spiro atoms. The number of benzene rings is 2. The van der Waals surface area contributed by atoms with E-state index >= 15 is 0 Å². The van der Waals surface area contributed by atoms with Gasteiger partial charge >= 0.3 is 6.18 Å². The average Bonchev–Trinajstić information content (AvgIpc) is 3.11. The normalized spacial score (nSPS) is 11.7.